The minimum atomic E-state index is -1.28. The van der Waals surface area contributed by atoms with E-state index in [0.717, 1.165) is 54.9 Å². The summed E-state index contributed by atoms with van der Waals surface area (Å²) in [6.45, 7) is 7.71. The van der Waals surface area contributed by atoms with Crippen LogP contribution < -0.4 is 9.47 Å². The maximum absolute atomic E-state index is 15.0. The number of allylic oxidation sites excluding steroid dienone is 1. The predicted molar refractivity (Wildman–Crippen MR) is 183 cm³/mol. The Hall–Kier alpha value is -4.41. The number of piperidine rings is 1. The minimum absolute atomic E-state index is 0.0169. The van der Waals surface area contributed by atoms with Crippen molar-refractivity contribution in [2.24, 2.45) is 10.9 Å². The van der Waals surface area contributed by atoms with Gasteiger partial charge in [0.15, 0.2) is 11.5 Å². The van der Waals surface area contributed by atoms with Crippen molar-refractivity contribution < 1.29 is 23.4 Å². The van der Waals surface area contributed by atoms with Crippen molar-refractivity contribution >= 4 is 34.9 Å². The number of methoxy groups -OCH3 is 1. The lowest BCUT2D eigenvalue weighted by atomic mass is 9.86. The zero-order valence-electron chi connectivity index (χ0n) is 27.6. The van der Waals surface area contributed by atoms with E-state index in [0.29, 0.717) is 46.7 Å². The summed E-state index contributed by atoms with van der Waals surface area (Å²) < 4.78 is 34.8. The van der Waals surface area contributed by atoms with Gasteiger partial charge in [-0.1, -0.05) is 23.7 Å². The van der Waals surface area contributed by atoms with Crippen LogP contribution in [-0.2, 0) is 29.0 Å². The highest BCUT2D eigenvalue weighted by Gasteiger charge is 2.60. The second kappa shape index (κ2) is 12.6. The molecule has 9 nitrogen and oxygen atoms in total. The average Bonchev–Trinajstić information content (AvgIpc) is 3.56. The van der Waals surface area contributed by atoms with E-state index in [4.69, 9.17) is 30.8 Å². The smallest absolute Gasteiger partial charge is 0.337 e. The van der Waals surface area contributed by atoms with E-state index >= 15 is 0 Å². The van der Waals surface area contributed by atoms with Gasteiger partial charge in [-0.05, 0) is 80.8 Å². The molecule has 11 heteroatoms. The molecule has 0 radical (unpaired) electrons. The molecule has 3 heterocycles. The van der Waals surface area contributed by atoms with Crippen molar-refractivity contribution in [2.75, 3.05) is 33.8 Å². The highest BCUT2D eigenvalue weighted by atomic mass is 35.5. The fourth-order valence-corrected chi connectivity index (χ4v) is 7.33. The van der Waals surface area contributed by atoms with E-state index in [1.807, 2.05) is 42.3 Å². The Bertz CT molecular complexity index is 1940. The zero-order valence-corrected chi connectivity index (χ0v) is 28.3. The Morgan fingerprint density at radius 2 is 2.06 bits per heavy atom. The Labute approximate surface area is 284 Å². The van der Waals surface area contributed by atoms with Crippen LogP contribution in [0.15, 0.2) is 71.9 Å². The van der Waals surface area contributed by atoms with Crippen LogP contribution in [0.4, 0.5) is 4.39 Å². The monoisotopic (exact) mass is 671 g/mol. The molecule has 7 rings (SSSR count). The van der Waals surface area contributed by atoms with Gasteiger partial charge in [-0.2, -0.15) is 0 Å². The lowest BCUT2D eigenvalue weighted by Crippen LogP contribution is -2.37. The van der Waals surface area contributed by atoms with Gasteiger partial charge in [0, 0.05) is 55.8 Å². The number of ether oxygens (including phenoxy) is 3. The van der Waals surface area contributed by atoms with Crippen molar-refractivity contribution in [3.05, 3.63) is 100 Å². The molecule has 1 saturated heterocycles. The predicted octanol–water partition coefficient (Wildman–Crippen LogP) is 6.92. The molecule has 4 aromatic rings. The van der Waals surface area contributed by atoms with Crippen LogP contribution in [0.1, 0.15) is 54.0 Å². The number of esters is 1. The maximum atomic E-state index is 15.0. The topological polar surface area (TPSA) is 81.4 Å². The van der Waals surface area contributed by atoms with Crippen LogP contribution in [0.5, 0.6) is 11.5 Å². The third-order valence-electron chi connectivity index (χ3n) is 9.98. The summed E-state index contributed by atoms with van der Waals surface area (Å²) in [6.07, 6.45) is 7.59. The first-order valence-corrected chi connectivity index (χ1v) is 16.7. The van der Waals surface area contributed by atoms with E-state index < -0.39 is 11.6 Å². The van der Waals surface area contributed by atoms with E-state index in [1.54, 1.807) is 37.7 Å². The fraction of sp³-hybridized carbons (Fsp3) is 0.378. The molecule has 2 aliphatic heterocycles. The minimum Gasteiger partial charge on any atom is -0.465 e. The summed E-state index contributed by atoms with van der Waals surface area (Å²) in [6, 6.07) is 16.1. The summed E-state index contributed by atoms with van der Waals surface area (Å²) in [5, 5.41) is 0.324. The first-order chi connectivity index (χ1) is 23.1. The SMILES string of the molecule is CCN(C)C=N/C=C/Cn1c(CN2CCC3(c4cccc5c4OC(C)(c4ccc(Cl)cc4F)O5)CC3C2)nc2ccc(C(=O)OC)cc21. The van der Waals surface area contributed by atoms with Crippen molar-refractivity contribution in [1.82, 2.24) is 19.4 Å². The fourth-order valence-electron chi connectivity index (χ4n) is 7.17. The van der Waals surface area contributed by atoms with E-state index in [9.17, 15) is 9.18 Å². The van der Waals surface area contributed by atoms with Crippen molar-refractivity contribution in [3.63, 3.8) is 0 Å². The van der Waals surface area contributed by atoms with Crippen LogP contribution in [0.25, 0.3) is 11.0 Å². The summed E-state index contributed by atoms with van der Waals surface area (Å²) in [4.78, 5) is 26.2. The number of para-hydroxylation sites is 1. The standard InChI is InChI=1S/C37H39ClFN5O4/c1-5-42(3)23-40-15-7-16-44-31-18-24(35(45)46-4)10-13-30(31)41-33(44)22-43-17-14-37(20-25(37)21-43)28-8-6-9-32-34(28)48-36(2,47-32)27-12-11-26(38)19-29(27)39/h6-13,15,18-19,23,25H,5,14,16-17,20-22H2,1-4H3/b15-7+,40-23?. The molecular formula is C37H39ClFN5O4. The molecule has 250 valence electrons. The average molecular weight is 672 g/mol. The number of aliphatic imine (C=N–C) groups is 1. The molecule has 3 aromatic carbocycles. The molecule has 0 bridgehead atoms. The highest BCUT2D eigenvalue weighted by molar-refractivity contribution is 6.30. The highest BCUT2D eigenvalue weighted by Crippen LogP contribution is 2.63. The molecule has 48 heavy (non-hydrogen) atoms. The second-order valence-corrected chi connectivity index (χ2v) is 13.4. The van der Waals surface area contributed by atoms with Gasteiger partial charge >= 0.3 is 5.97 Å². The molecule has 3 atom stereocenters. The second-order valence-electron chi connectivity index (χ2n) is 13.0. The molecule has 0 amide bonds. The number of aromatic nitrogens is 2. The van der Waals surface area contributed by atoms with E-state index in [-0.39, 0.29) is 11.4 Å². The normalized spacial score (nSPS) is 23.2. The summed E-state index contributed by atoms with van der Waals surface area (Å²) >= 11 is 6.01. The van der Waals surface area contributed by atoms with Crippen LogP contribution in [-0.4, -0.2) is 65.5 Å². The van der Waals surface area contributed by atoms with Gasteiger partial charge in [0.2, 0.25) is 0 Å². The molecule has 1 aromatic heterocycles. The molecule has 2 fully saturated rings. The number of nitrogens with zero attached hydrogens (tertiary/aromatic N) is 5. The van der Waals surface area contributed by atoms with Crippen molar-refractivity contribution in [2.45, 2.75) is 51.0 Å². The van der Waals surface area contributed by atoms with Gasteiger partial charge in [0.25, 0.3) is 5.79 Å². The van der Waals surface area contributed by atoms with Gasteiger partial charge in [0.1, 0.15) is 11.6 Å². The Morgan fingerprint density at radius 3 is 2.83 bits per heavy atom. The molecule has 3 unspecified atom stereocenters. The number of carbonyl (C=O) groups excluding carboxylic acids is 1. The summed E-state index contributed by atoms with van der Waals surface area (Å²) in [5.41, 5.74) is 3.62. The largest absolute Gasteiger partial charge is 0.465 e. The van der Waals surface area contributed by atoms with Crippen LogP contribution in [0, 0.1) is 11.7 Å². The van der Waals surface area contributed by atoms with Gasteiger partial charge < -0.3 is 23.7 Å². The molecular weight excluding hydrogens is 633 g/mol. The van der Waals surface area contributed by atoms with E-state index in [2.05, 4.69) is 27.4 Å². The molecule has 3 aliphatic rings. The summed E-state index contributed by atoms with van der Waals surface area (Å²) in [5.74, 6) is 0.573. The molecule has 0 N–H and O–H groups in total. The Kier molecular flexibility index (Phi) is 8.41. The quantitative estimate of drug-likeness (QED) is 0.103. The maximum Gasteiger partial charge on any atom is 0.337 e. The number of fused-ring (bicyclic) bond motifs is 3. The first-order valence-electron chi connectivity index (χ1n) is 16.3. The number of imidazole rings is 1. The van der Waals surface area contributed by atoms with Gasteiger partial charge in [-0.3, -0.25) is 4.90 Å². The number of likely N-dealkylation sites (tertiary alicyclic amines) is 1. The lowest BCUT2D eigenvalue weighted by molar-refractivity contribution is -0.0712. The van der Waals surface area contributed by atoms with Crippen molar-refractivity contribution in [3.8, 4) is 11.5 Å². The third-order valence-corrected chi connectivity index (χ3v) is 10.2. The first kappa shape index (κ1) is 32.2. The molecule has 0 spiro atoms. The number of carbonyl (C=O) groups is 1. The number of rotatable bonds is 10. The molecule has 1 aliphatic carbocycles. The van der Waals surface area contributed by atoms with Gasteiger partial charge in [0.05, 0.1) is 42.2 Å². The number of hydrogen-bond acceptors (Lipinski definition) is 7. The van der Waals surface area contributed by atoms with Gasteiger partial charge in [-0.15, -0.1) is 0 Å². The van der Waals surface area contributed by atoms with Crippen LogP contribution in [0.2, 0.25) is 5.02 Å². The van der Waals surface area contributed by atoms with E-state index in [1.165, 1.54) is 13.2 Å². The van der Waals surface area contributed by atoms with Crippen molar-refractivity contribution in [1.29, 1.82) is 0 Å². The van der Waals surface area contributed by atoms with Crippen LogP contribution >= 0.6 is 11.6 Å². The Morgan fingerprint density at radius 1 is 1.21 bits per heavy atom. The number of halogens is 2. The molecule has 1 saturated carbocycles. The van der Waals surface area contributed by atoms with Crippen LogP contribution in [0.3, 0.4) is 0 Å². The number of hydrogen-bond donors (Lipinski definition) is 0. The number of benzene rings is 3. The van der Waals surface area contributed by atoms with Gasteiger partial charge in [-0.25, -0.2) is 19.2 Å². The zero-order chi connectivity index (χ0) is 33.6. The third kappa shape index (κ3) is 5.81. The Balaban J connectivity index is 1.10. The lowest BCUT2D eigenvalue weighted by Gasteiger charge is -2.32. The summed E-state index contributed by atoms with van der Waals surface area (Å²) in [7, 11) is 3.37.